The van der Waals surface area contributed by atoms with Crippen LogP contribution in [0.5, 0.6) is 0 Å². The minimum Gasteiger partial charge on any atom is -0.478 e. The molecule has 0 unspecified atom stereocenters. The first-order valence-corrected chi connectivity index (χ1v) is 10.4. The number of alkyl halides is 3. The zero-order valence-corrected chi connectivity index (χ0v) is 19.0. The number of benzene rings is 1. The molecule has 3 heterocycles. The van der Waals surface area contributed by atoms with E-state index in [-0.39, 0.29) is 44.2 Å². The van der Waals surface area contributed by atoms with Crippen molar-refractivity contribution in [1.82, 2.24) is 24.3 Å². The van der Waals surface area contributed by atoms with Crippen LogP contribution in [0.25, 0.3) is 16.9 Å². The highest BCUT2D eigenvalue weighted by Gasteiger charge is 2.38. The first-order valence-electron chi connectivity index (χ1n) is 9.60. The van der Waals surface area contributed by atoms with Crippen LogP contribution in [0.1, 0.15) is 26.7 Å². The summed E-state index contributed by atoms with van der Waals surface area (Å²) in [4.78, 5) is 31.6. The number of carbonyl (C=O) groups excluding carboxylic acids is 1. The first kappa shape index (κ1) is 24.2. The topological polar surface area (TPSA) is 115 Å². The van der Waals surface area contributed by atoms with Crippen LogP contribution in [0.15, 0.2) is 48.9 Å². The van der Waals surface area contributed by atoms with Crippen LogP contribution in [-0.2, 0) is 13.2 Å². The molecule has 4 rings (SSSR count). The number of anilines is 1. The number of amides is 1. The molecule has 35 heavy (non-hydrogen) atoms. The summed E-state index contributed by atoms with van der Waals surface area (Å²) in [5, 5.41) is 15.3. The Labute approximate surface area is 204 Å². The summed E-state index contributed by atoms with van der Waals surface area (Å²) in [6.07, 6.45) is -1.26. The number of pyridine rings is 1. The van der Waals surface area contributed by atoms with Crippen LogP contribution in [-0.4, -0.2) is 41.3 Å². The van der Waals surface area contributed by atoms with Gasteiger partial charge in [0.15, 0.2) is 11.5 Å². The van der Waals surface area contributed by atoms with E-state index in [0.717, 1.165) is 17.1 Å². The highest BCUT2D eigenvalue weighted by Crippen LogP contribution is 2.37. The van der Waals surface area contributed by atoms with Gasteiger partial charge < -0.3 is 15.0 Å². The number of halogens is 5. The van der Waals surface area contributed by atoms with E-state index in [1.807, 2.05) is 0 Å². The third-order valence-electron chi connectivity index (χ3n) is 4.88. The van der Waals surface area contributed by atoms with Crippen molar-refractivity contribution in [3.8, 4) is 16.9 Å². The molecular formula is C21H13Cl2F3N6O3. The SMILES string of the molecule is Cn1c(-c2cn(-c3ccc(Cl)nc3)nc2C(F)(F)F)cnc1C(=O)Nc1ccc(C(=O)O)c(Cl)c1. The number of nitrogens with one attached hydrogen (secondary N) is 1. The van der Waals surface area contributed by atoms with Gasteiger partial charge in [0.25, 0.3) is 5.91 Å². The van der Waals surface area contributed by atoms with Gasteiger partial charge in [-0.05, 0) is 30.3 Å². The monoisotopic (exact) mass is 524 g/mol. The van der Waals surface area contributed by atoms with Crippen LogP contribution in [0.2, 0.25) is 10.2 Å². The number of nitrogens with zero attached hydrogens (tertiary/aromatic N) is 5. The van der Waals surface area contributed by atoms with E-state index in [9.17, 15) is 22.8 Å². The average molecular weight is 525 g/mol. The summed E-state index contributed by atoms with van der Waals surface area (Å²) in [6, 6.07) is 6.63. The predicted molar refractivity (Wildman–Crippen MR) is 120 cm³/mol. The molecule has 0 saturated heterocycles. The summed E-state index contributed by atoms with van der Waals surface area (Å²) >= 11 is 11.7. The fourth-order valence-corrected chi connectivity index (χ4v) is 3.60. The molecule has 3 aromatic heterocycles. The minimum atomic E-state index is -4.80. The van der Waals surface area contributed by atoms with Crippen molar-refractivity contribution < 1.29 is 27.9 Å². The van der Waals surface area contributed by atoms with Gasteiger partial charge in [0.2, 0.25) is 0 Å². The van der Waals surface area contributed by atoms with Gasteiger partial charge in [0.1, 0.15) is 5.15 Å². The highest BCUT2D eigenvalue weighted by molar-refractivity contribution is 6.33. The molecule has 1 amide bonds. The molecule has 0 fully saturated rings. The molecule has 0 aliphatic heterocycles. The third-order valence-corrected chi connectivity index (χ3v) is 5.42. The maximum atomic E-state index is 13.8. The molecule has 0 bridgehead atoms. The summed E-state index contributed by atoms with van der Waals surface area (Å²) in [6.45, 7) is 0. The molecule has 0 atom stereocenters. The predicted octanol–water partition coefficient (Wildman–Crippen LogP) is 4.94. The molecule has 4 aromatic rings. The molecule has 1 aromatic carbocycles. The van der Waals surface area contributed by atoms with Crippen LogP contribution in [0, 0.1) is 0 Å². The number of hydrogen-bond acceptors (Lipinski definition) is 5. The van der Waals surface area contributed by atoms with Crippen molar-refractivity contribution in [2.45, 2.75) is 6.18 Å². The second-order valence-electron chi connectivity index (χ2n) is 7.15. The summed E-state index contributed by atoms with van der Waals surface area (Å²) in [5.41, 5.74) is -1.25. The fraction of sp³-hybridized carbons (Fsp3) is 0.0952. The highest BCUT2D eigenvalue weighted by atomic mass is 35.5. The van der Waals surface area contributed by atoms with E-state index >= 15 is 0 Å². The quantitative estimate of drug-likeness (QED) is 0.357. The van der Waals surface area contributed by atoms with Gasteiger partial charge in [0, 0.05) is 18.9 Å². The zero-order chi connectivity index (χ0) is 25.5. The lowest BCUT2D eigenvalue weighted by molar-refractivity contribution is -0.140. The lowest BCUT2D eigenvalue weighted by atomic mass is 10.2. The first-order chi connectivity index (χ1) is 16.5. The molecule has 0 aliphatic carbocycles. The Bertz CT molecular complexity index is 1450. The Balaban J connectivity index is 1.69. The molecule has 0 saturated carbocycles. The summed E-state index contributed by atoms with van der Waals surface area (Å²) < 4.78 is 43.5. The standard InChI is InChI=1S/C21H13Cl2F3N6O3/c1-31-15(8-28-18(31)19(33)29-10-2-4-12(20(34)35)14(22)6-10)13-9-32(30-17(13)21(24,25)26)11-3-5-16(23)27-7-11/h2-9H,1H3,(H,29,33)(H,34,35). The normalized spacial score (nSPS) is 11.5. The Hall–Kier alpha value is -3.90. The van der Waals surface area contributed by atoms with E-state index in [4.69, 9.17) is 28.3 Å². The summed E-state index contributed by atoms with van der Waals surface area (Å²) in [7, 11) is 1.37. The van der Waals surface area contributed by atoms with E-state index in [2.05, 4.69) is 20.4 Å². The lowest BCUT2D eigenvalue weighted by Gasteiger charge is -2.09. The molecule has 2 N–H and O–H groups in total. The van der Waals surface area contributed by atoms with Gasteiger partial charge in [-0.1, -0.05) is 23.2 Å². The zero-order valence-electron chi connectivity index (χ0n) is 17.5. The number of carbonyl (C=O) groups is 2. The number of aromatic carboxylic acids is 1. The van der Waals surface area contributed by atoms with Gasteiger partial charge in [-0.25, -0.2) is 19.4 Å². The number of aromatic nitrogens is 5. The van der Waals surface area contributed by atoms with Crippen molar-refractivity contribution in [2.24, 2.45) is 7.05 Å². The number of imidazole rings is 1. The van der Waals surface area contributed by atoms with E-state index in [0.29, 0.717) is 0 Å². The molecule has 0 spiro atoms. The molecule has 0 radical (unpaired) electrons. The second kappa shape index (κ2) is 9.04. The fourth-order valence-electron chi connectivity index (χ4n) is 3.23. The van der Waals surface area contributed by atoms with Crippen LogP contribution in [0.4, 0.5) is 18.9 Å². The Kier molecular flexibility index (Phi) is 6.26. The summed E-state index contributed by atoms with van der Waals surface area (Å²) in [5.74, 6) is -2.19. The number of carboxylic acid groups (broad SMARTS) is 1. The lowest BCUT2D eigenvalue weighted by Crippen LogP contribution is -2.17. The minimum absolute atomic E-state index is 0.0186. The Morgan fingerprint density at radius 1 is 1.09 bits per heavy atom. The molecule has 180 valence electrons. The van der Waals surface area contributed by atoms with Crippen LogP contribution < -0.4 is 5.32 Å². The largest absolute Gasteiger partial charge is 0.478 e. The van der Waals surface area contributed by atoms with Crippen molar-refractivity contribution >= 4 is 40.8 Å². The number of carboxylic acids is 1. The smallest absolute Gasteiger partial charge is 0.435 e. The third kappa shape index (κ3) is 4.84. The Morgan fingerprint density at radius 3 is 2.43 bits per heavy atom. The van der Waals surface area contributed by atoms with Crippen LogP contribution >= 0.6 is 23.2 Å². The van der Waals surface area contributed by atoms with Gasteiger partial charge in [-0.3, -0.25) is 4.79 Å². The maximum absolute atomic E-state index is 13.8. The number of hydrogen-bond donors (Lipinski definition) is 2. The molecule has 9 nitrogen and oxygen atoms in total. The van der Waals surface area contributed by atoms with Crippen molar-refractivity contribution in [2.75, 3.05) is 5.32 Å². The van der Waals surface area contributed by atoms with Crippen molar-refractivity contribution in [3.05, 3.63) is 76.2 Å². The maximum Gasteiger partial charge on any atom is 0.435 e. The van der Waals surface area contributed by atoms with Gasteiger partial charge in [-0.2, -0.15) is 18.3 Å². The number of rotatable bonds is 5. The van der Waals surface area contributed by atoms with Crippen molar-refractivity contribution in [3.63, 3.8) is 0 Å². The molecule has 14 heteroatoms. The molecular weight excluding hydrogens is 512 g/mol. The van der Waals surface area contributed by atoms with Gasteiger partial charge in [0.05, 0.1) is 39.9 Å². The van der Waals surface area contributed by atoms with E-state index in [1.54, 1.807) is 0 Å². The van der Waals surface area contributed by atoms with E-state index < -0.39 is 23.7 Å². The van der Waals surface area contributed by atoms with E-state index in [1.165, 1.54) is 48.1 Å². The second-order valence-corrected chi connectivity index (χ2v) is 7.95. The van der Waals surface area contributed by atoms with Crippen LogP contribution in [0.3, 0.4) is 0 Å². The average Bonchev–Trinajstić information content (AvgIpc) is 3.38. The van der Waals surface area contributed by atoms with Gasteiger partial charge >= 0.3 is 12.1 Å². The molecule has 0 aliphatic rings. The van der Waals surface area contributed by atoms with Crippen molar-refractivity contribution in [1.29, 1.82) is 0 Å². The van der Waals surface area contributed by atoms with Gasteiger partial charge in [-0.15, -0.1) is 0 Å². The Morgan fingerprint density at radius 2 is 1.83 bits per heavy atom.